The zero-order valence-electron chi connectivity index (χ0n) is 12.8. The van der Waals surface area contributed by atoms with E-state index in [2.05, 4.69) is 21.2 Å². The summed E-state index contributed by atoms with van der Waals surface area (Å²) in [6.07, 6.45) is 1.95. The number of rotatable bonds is 3. The van der Waals surface area contributed by atoms with E-state index in [9.17, 15) is 14.4 Å². The van der Waals surface area contributed by atoms with Crippen molar-refractivity contribution in [2.24, 2.45) is 0 Å². The summed E-state index contributed by atoms with van der Waals surface area (Å²) in [6.45, 7) is 2.86. The Kier molecular flexibility index (Phi) is 4.14. The zero-order valence-corrected chi connectivity index (χ0v) is 14.4. The Hall–Kier alpha value is -1.89. The number of nitrogens with one attached hydrogen (secondary N) is 1. The van der Waals surface area contributed by atoms with E-state index < -0.39 is 17.5 Å². The Bertz CT molecular complexity index is 672. The molecule has 0 bridgehead atoms. The number of likely N-dealkylation sites (tertiary alicyclic amines) is 1. The van der Waals surface area contributed by atoms with Gasteiger partial charge in [0.05, 0.1) is 0 Å². The highest BCUT2D eigenvalue weighted by molar-refractivity contribution is 9.10. The molecule has 7 heteroatoms. The summed E-state index contributed by atoms with van der Waals surface area (Å²) in [6, 6.07) is 6.72. The number of carbonyl (C=O) groups excluding carboxylic acids is 3. The highest BCUT2D eigenvalue weighted by Crippen LogP contribution is 2.30. The van der Waals surface area contributed by atoms with Crippen molar-refractivity contribution in [1.29, 1.82) is 0 Å². The first-order valence-corrected chi connectivity index (χ1v) is 8.39. The van der Waals surface area contributed by atoms with Gasteiger partial charge in [0.1, 0.15) is 12.1 Å². The summed E-state index contributed by atoms with van der Waals surface area (Å²) in [7, 11) is 0. The van der Waals surface area contributed by atoms with Crippen LogP contribution in [0.4, 0.5) is 4.79 Å². The topological polar surface area (TPSA) is 69.7 Å². The minimum absolute atomic E-state index is 0.176. The Balaban J connectivity index is 1.80. The molecular formula is C16H18BrN3O3. The molecule has 6 nitrogen and oxygen atoms in total. The fourth-order valence-electron chi connectivity index (χ4n) is 3.04. The molecule has 1 aromatic rings. The van der Waals surface area contributed by atoms with Crippen LogP contribution in [0.1, 0.15) is 25.3 Å². The van der Waals surface area contributed by atoms with Gasteiger partial charge in [-0.25, -0.2) is 4.79 Å². The molecule has 2 fully saturated rings. The van der Waals surface area contributed by atoms with Crippen molar-refractivity contribution >= 4 is 33.8 Å². The second-order valence-corrected chi connectivity index (χ2v) is 6.96. The van der Waals surface area contributed by atoms with Gasteiger partial charge in [-0.2, -0.15) is 0 Å². The summed E-state index contributed by atoms with van der Waals surface area (Å²) in [4.78, 5) is 39.9. The van der Waals surface area contributed by atoms with Gasteiger partial charge in [0.2, 0.25) is 5.91 Å². The first kappa shape index (κ1) is 16.0. The molecule has 4 amide bonds. The SMILES string of the molecule is CC1(c2cccc(Br)c2)NC(=O)N(CC(=O)N2CCCC2)C1=O. The lowest BCUT2D eigenvalue weighted by atomic mass is 9.92. The van der Waals surface area contributed by atoms with E-state index in [0.717, 1.165) is 22.2 Å². The lowest BCUT2D eigenvalue weighted by Crippen LogP contribution is -2.43. The number of hydrogen-bond acceptors (Lipinski definition) is 3. The molecule has 1 unspecified atom stereocenters. The number of benzene rings is 1. The fourth-order valence-corrected chi connectivity index (χ4v) is 3.44. The molecule has 1 N–H and O–H groups in total. The monoisotopic (exact) mass is 379 g/mol. The van der Waals surface area contributed by atoms with E-state index in [1.54, 1.807) is 24.0 Å². The maximum absolute atomic E-state index is 12.8. The highest BCUT2D eigenvalue weighted by atomic mass is 79.9. The number of hydrogen-bond donors (Lipinski definition) is 1. The molecule has 122 valence electrons. The largest absolute Gasteiger partial charge is 0.341 e. The van der Waals surface area contributed by atoms with Gasteiger partial charge in [0, 0.05) is 17.6 Å². The van der Waals surface area contributed by atoms with Crippen molar-refractivity contribution in [2.45, 2.75) is 25.3 Å². The summed E-state index contributed by atoms with van der Waals surface area (Å²) in [5.74, 6) is -0.572. The van der Waals surface area contributed by atoms with E-state index in [1.165, 1.54) is 0 Å². The van der Waals surface area contributed by atoms with E-state index >= 15 is 0 Å². The molecule has 0 saturated carbocycles. The Labute approximate surface area is 142 Å². The van der Waals surface area contributed by atoms with Crippen LogP contribution in [0.2, 0.25) is 0 Å². The molecule has 2 saturated heterocycles. The lowest BCUT2D eigenvalue weighted by molar-refractivity contribution is -0.138. The second kappa shape index (κ2) is 5.96. The first-order valence-electron chi connectivity index (χ1n) is 7.60. The van der Waals surface area contributed by atoms with Gasteiger partial charge in [-0.3, -0.25) is 14.5 Å². The average molecular weight is 380 g/mol. The Morgan fingerprint density at radius 2 is 2.00 bits per heavy atom. The number of carbonyl (C=O) groups is 3. The number of amides is 4. The quantitative estimate of drug-likeness (QED) is 0.814. The number of halogens is 1. The zero-order chi connectivity index (χ0) is 16.6. The van der Waals surface area contributed by atoms with Crippen LogP contribution in [-0.2, 0) is 15.1 Å². The summed E-state index contributed by atoms with van der Waals surface area (Å²) in [5.41, 5.74) is -0.465. The smallest absolute Gasteiger partial charge is 0.325 e. The molecule has 1 aromatic carbocycles. The third-order valence-electron chi connectivity index (χ3n) is 4.43. The summed E-state index contributed by atoms with van der Waals surface area (Å²) in [5, 5.41) is 2.72. The molecule has 0 aromatic heterocycles. The third kappa shape index (κ3) is 2.85. The van der Waals surface area contributed by atoms with Crippen LogP contribution in [0.5, 0.6) is 0 Å². The first-order chi connectivity index (χ1) is 10.9. The Morgan fingerprint density at radius 1 is 1.30 bits per heavy atom. The fraction of sp³-hybridized carbons (Fsp3) is 0.438. The van der Waals surface area contributed by atoms with Crippen LogP contribution in [0.25, 0.3) is 0 Å². The molecular weight excluding hydrogens is 362 g/mol. The van der Waals surface area contributed by atoms with Gasteiger partial charge in [-0.1, -0.05) is 28.1 Å². The van der Waals surface area contributed by atoms with E-state index in [-0.39, 0.29) is 12.5 Å². The molecule has 0 radical (unpaired) electrons. The van der Waals surface area contributed by atoms with Crippen molar-refractivity contribution in [3.63, 3.8) is 0 Å². The maximum Gasteiger partial charge on any atom is 0.325 e. The predicted octanol–water partition coefficient (Wildman–Crippen LogP) is 1.84. The van der Waals surface area contributed by atoms with Crippen molar-refractivity contribution in [1.82, 2.24) is 15.1 Å². The van der Waals surface area contributed by atoms with Gasteiger partial charge in [-0.05, 0) is 37.5 Å². The van der Waals surface area contributed by atoms with Gasteiger partial charge < -0.3 is 10.2 Å². The van der Waals surface area contributed by atoms with Gasteiger partial charge in [0.25, 0.3) is 5.91 Å². The number of urea groups is 1. The van der Waals surface area contributed by atoms with Crippen molar-refractivity contribution in [3.05, 3.63) is 34.3 Å². The minimum Gasteiger partial charge on any atom is -0.341 e. The number of nitrogens with zero attached hydrogens (tertiary/aromatic N) is 2. The molecule has 0 aliphatic carbocycles. The van der Waals surface area contributed by atoms with Crippen molar-refractivity contribution < 1.29 is 14.4 Å². The average Bonchev–Trinajstić information content (AvgIpc) is 3.11. The van der Waals surface area contributed by atoms with Gasteiger partial charge in [-0.15, -0.1) is 0 Å². The van der Waals surface area contributed by atoms with Gasteiger partial charge in [0.15, 0.2) is 0 Å². The van der Waals surface area contributed by atoms with Crippen LogP contribution in [0.15, 0.2) is 28.7 Å². The Morgan fingerprint density at radius 3 is 2.65 bits per heavy atom. The molecule has 0 spiro atoms. The molecule has 2 heterocycles. The van der Waals surface area contributed by atoms with Crippen LogP contribution in [-0.4, -0.2) is 47.3 Å². The van der Waals surface area contributed by atoms with Crippen molar-refractivity contribution in [3.8, 4) is 0 Å². The highest BCUT2D eigenvalue weighted by Gasteiger charge is 2.49. The normalized spacial score (nSPS) is 24.3. The third-order valence-corrected chi connectivity index (χ3v) is 4.92. The van der Waals surface area contributed by atoms with E-state index in [1.807, 2.05) is 12.1 Å². The van der Waals surface area contributed by atoms with Crippen molar-refractivity contribution in [2.75, 3.05) is 19.6 Å². The van der Waals surface area contributed by atoms with Crippen LogP contribution < -0.4 is 5.32 Å². The van der Waals surface area contributed by atoms with E-state index in [4.69, 9.17) is 0 Å². The maximum atomic E-state index is 12.8. The standard InChI is InChI=1S/C16H18BrN3O3/c1-16(11-5-4-6-12(17)9-11)14(22)20(15(23)18-16)10-13(21)19-7-2-3-8-19/h4-6,9H,2-3,7-8,10H2,1H3,(H,18,23). The second-order valence-electron chi connectivity index (χ2n) is 6.04. The predicted molar refractivity (Wildman–Crippen MR) is 87.6 cm³/mol. The molecule has 2 aliphatic heterocycles. The molecule has 2 aliphatic rings. The molecule has 3 rings (SSSR count). The number of imide groups is 1. The van der Waals surface area contributed by atoms with Crippen LogP contribution in [0.3, 0.4) is 0 Å². The minimum atomic E-state index is -1.15. The van der Waals surface area contributed by atoms with Crippen LogP contribution >= 0.6 is 15.9 Å². The molecule has 1 atom stereocenters. The molecule has 23 heavy (non-hydrogen) atoms. The van der Waals surface area contributed by atoms with Gasteiger partial charge >= 0.3 is 6.03 Å². The summed E-state index contributed by atoms with van der Waals surface area (Å²) >= 11 is 3.37. The van der Waals surface area contributed by atoms with E-state index in [0.29, 0.717) is 18.7 Å². The lowest BCUT2D eigenvalue weighted by Gasteiger charge is -2.23. The van der Waals surface area contributed by atoms with Crippen LogP contribution in [0, 0.1) is 0 Å². The summed E-state index contributed by atoms with van der Waals surface area (Å²) < 4.78 is 0.824.